The van der Waals surface area contributed by atoms with E-state index in [0.717, 1.165) is 34.0 Å². The lowest BCUT2D eigenvalue weighted by molar-refractivity contribution is -0.114. The molecule has 0 aliphatic carbocycles. The van der Waals surface area contributed by atoms with E-state index in [1.54, 1.807) is 13.3 Å². The number of thiocarbonyl (C=S) groups is 1. The largest absolute Gasteiger partial charge is 0.495 e. The fourth-order valence-corrected chi connectivity index (χ4v) is 6.29. The minimum Gasteiger partial charge on any atom is -0.495 e. The van der Waals surface area contributed by atoms with E-state index < -0.39 is 0 Å². The van der Waals surface area contributed by atoms with Gasteiger partial charge in [0.1, 0.15) is 5.75 Å². The van der Waals surface area contributed by atoms with Crippen LogP contribution in [0.25, 0.3) is 16.5 Å². The van der Waals surface area contributed by atoms with Crippen molar-refractivity contribution in [2.24, 2.45) is 0 Å². The zero-order valence-corrected chi connectivity index (χ0v) is 24.2. The number of fused-ring (bicyclic) bond motifs is 1. The number of carbonyl (C=O) groups is 1. The lowest BCUT2D eigenvalue weighted by Crippen LogP contribution is -2.29. The first-order chi connectivity index (χ1) is 19.9. The molecule has 6 rings (SSSR count). The zero-order chi connectivity index (χ0) is 28.7. The van der Waals surface area contributed by atoms with Crippen molar-refractivity contribution in [3.8, 4) is 11.4 Å². The molecule has 2 N–H and O–H groups in total. The number of ether oxygens (including phenoxy) is 1. The number of benzene rings is 3. The minimum atomic E-state index is -0.203. The molecule has 0 unspecified atom stereocenters. The normalized spacial score (nSPS) is 16.6. The molecule has 1 aliphatic rings. The molecule has 1 fully saturated rings. The Kier molecular flexibility index (Phi) is 6.93. The number of methoxy groups -OCH3 is 1. The third-order valence-corrected chi connectivity index (χ3v) is 7.98. The number of nitrogens with one attached hydrogen (secondary N) is 2. The summed E-state index contributed by atoms with van der Waals surface area (Å²) in [5.74, 6) is 0.401. The van der Waals surface area contributed by atoms with E-state index in [2.05, 4.69) is 82.5 Å². The molecule has 41 heavy (non-hydrogen) atoms. The topological polar surface area (TPSA) is 71.4 Å². The molecule has 1 amide bonds. The van der Waals surface area contributed by atoms with Gasteiger partial charge in [-0.3, -0.25) is 9.78 Å². The van der Waals surface area contributed by atoms with Gasteiger partial charge in [-0.05, 0) is 79.5 Å². The molecule has 7 nitrogen and oxygen atoms in total. The van der Waals surface area contributed by atoms with Crippen molar-refractivity contribution in [3.05, 3.63) is 114 Å². The van der Waals surface area contributed by atoms with Gasteiger partial charge in [0.15, 0.2) is 5.11 Å². The first-order valence-corrected chi connectivity index (χ1v) is 13.9. The molecule has 1 aliphatic heterocycles. The van der Waals surface area contributed by atoms with Crippen molar-refractivity contribution < 1.29 is 9.53 Å². The molecular formula is C33H31N5O2S. The van der Waals surface area contributed by atoms with Crippen LogP contribution < -0.4 is 20.3 Å². The number of aryl methyl sites for hydroxylation is 1. The average molecular weight is 562 g/mol. The minimum absolute atomic E-state index is 0.177. The van der Waals surface area contributed by atoms with Gasteiger partial charge >= 0.3 is 0 Å². The SMILES string of the molecule is COc1ccc(N2C(=S)N[C@H](c3ccccn3)[C@H]2c2cc(C)n(-c3cccc4ccccc34)c2C)cc1NC(C)=O. The highest BCUT2D eigenvalue weighted by Gasteiger charge is 2.42. The Bertz CT molecular complexity index is 1780. The summed E-state index contributed by atoms with van der Waals surface area (Å²) in [4.78, 5) is 18.8. The zero-order valence-electron chi connectivity index (χ0n) is 23.4. The number of rotatable bonds is 6. The number of hydrogen-bond donors (Lipinski definition) is 2. The predicted molar refractivity (Wildman–Crippen MR) is 168 cm³/mol. The third-order valence-electron chi connectivity index (χ3n) is 7.67. The first kappa shape index (κ1) is 26.5. The van der Waals surface area contributed by atoms with Crippen LogP contribution in [0.2, 0.25) is 0 Å². The lowest BCUT2D eigenvalue weighted by atomic mass is 9.96. The number of aromatic nitrogens is 2. The Balaban J connectivity index is 1.54. The molecule has 1 saturated heterocycles. The Morgan fingerprint density at radius 3 is 2.54 bits per heavy atom. The van der Waals surface area contributed by atoms with Crippen LogP contribution >= 0.6 is 12.2 Å². The predicted octanol–water partition coefficient (Wildman–Crippen LogP) is 6.79. The molecule has 0 radical (unpaired) electrons. The lowest BCUT2D eigenvalue weighted by Gasteiger charge is -2.29. The average Bonchev–Trinajstić information content (AvgIpc) is 3.47. The summed E-state index contributed by atoms with van der Waals surface area (Å²) in [6.45, 7) is 5.79. The van der Waals surface area contributed by atoms with Crippen LogP contribution in [0.3, 0.4) is 0 Å². The number of nitrogens with zero attached hydrogens (tertiary/aromatic N) is 3. The summed E-state index contributed by atoms with van der Waals surface area (Å²) in [6, 6.07) is 28.4. The van der Waals surface area contributed by atoms with Crippen LogP contribution in [0.15, 0.2) is 91.1 Å². The van der Waals surface area contributed by atoms with Crippen LogP contribution in [0.5, 0.6) is 5.75 Å². The maximum atomic E-state index is 12.0. The number of hydrogen-bond acceptors (Lipinski definition) is 4. The summed E-state index contributed by atoms with van der Waals surface area (Å²) < 4.78 is 7.84. The van der Waals surface area contributed by atoms with Gasteiger partial charge in [-0.2, -0.15) is 0 Å². The van der Waals surface area contributed by atoms with E-state index in [4.69, 9.17) is 21.9 Å². The highest BCUT2D eigenvalue weighted by molar-refractivity contribution is 7.80. The van der Waals surface area contributed by atoms with Gasteiger partial charge in [-0.1, -0.05) is 42.5 Å². The van der Waals surface area contributed by atoms with Crippen molar-refractivity contribution in [3.63, 3.8) is 0 Å². The van der Waals surface area contributed by atoms with Gasteiger partial charge in [0, 0.05) is 35.6 Å². The summed E-state index contributed by atoms with van der Waals surface area (Å²) in [5.41, 5.74) is 6.84. The summed E-state index contributed by atoms with van der Waals surface area (Å²) in [5, 5.41) is 9.41. The third kappa shape index (κ3) is 4.70. The van der Waals surface area contributed by atoms with Gasteiger partial charge in [-0.25, -0.2) is 0 Å². The van der Waals surface area contributed by atoms with E-state index in [9.17, 15) is 4.79 Å². The van der Waals surface area contributed by atoms with Gasteiger partial charge in [0.2, 0.25) is 5.91 Å². The van der Waals surface area contributed by atoms with E-state index >= 15 is 0 Å². The van der Waals surface area contributed by atoms with Gasteiger partial charge in [0.05, 0.1) is 36.3 Å². The monoisotopic (exact) mass is 561 g/mol. The Morgan fingerprint density at radius 1 is 1.00 bits per heavy atom. The molecule has 2 atom stereocenters. The van der Waals surface area contributed by atoms with Crippen LogP contribution in [0.4, 0.5) is 11.4 Å². The summed E-state index contributed by atoms with van der Waals surface area (Å²) in [7, 11) is 1.59. The van der Waals surface area contributed by atoms with E-state index in [0.29, 0.717) is 16.5 Å². The fourth-order valence-electron chi connectivity index (χ4n) is 5.94. The van der Waals surface area contributed by atoms with Crippen molar-refractivity contribution in [2.75, 3.05) is 17.3 Å². The molecule has 2 aromatic heterocycles. The van der Waals surface area contributed by atoms with E-state index in [-0.39, 0.29) is 18.0 Å². The quantitative estimate of drug-likeness (QED) is 0.223. The van der Waals surface area contributed by atoms with Gasteiger partial charge < -0.3 is 24.8 Å². The number of anilines is 2. The molecule has 3 aromatic carbocycles. The smallest absolute Gasteiger partial charge is 0.221 e. The Labute approximate surface area is 244 Å². The highest BCUT2D eigenvalue weighted by atomic mass is 32.1. The maximum absolute atomic E-state index is 12.0. The van der Waals surface area contributed by atoms with Crippen molar-refractivity contribution >= 4 is 45.4 Å². The molecular weight excluding hydrogens is 530 g/mol. The van der Waals surface area contributed by atoms with E-state index in [1.165, 1.54) is 17.7 Å². The van der Waals surface area contributed by atoms with Crippen LogP contribution in [-0.4, -0.2) is 27.7 Å². The van der Waals surface area contributed by atoms with Crippen molar-refractivity contribution in [1.82, 2.24) is 14.9 Å². The second kappa shape index (κ2) is 10.7. The highest BCUT2D eigenvalue weighted by Crippen LogP contribution is 2.45. The molecule has 3 heterocycles. The van der Waals surface area contributed by atoms with E-state index in [1.807, 2.05) is 36.4 Å². The van der Waals surface area contributed by atoms with Crippen molar-refractivity contribution in [1.29, 1.82) is 0 Å². The molecule has 0 spiro atoms. The molecule has 0 saturated carbocycles. The van der Waals surface area contributed by atoms with Crippen LogP contribution in [0.1, 0.15) is 41.7 Å². The molecule has 5 aromatic rings. The Morgan fingerprint density at radius 2 is 1.78 bits per heavy atom. The van der Waals surface area contributed by atoms with Crippen molar-refractivity contribution in [2.45, 2.75) is 32.9 Å². The Hall–Kier alpha value is -4.69. The van der Waals surface area contributed by atoms with Gasteiger partial charge in [-0.15, -0.1) is 0 Å². The number of amides is 1. The second-order valence-corrected chi connectivity index (χ2v) is 10.6. The molecule has 0 bridgehead atoms. The summed E-state index contributed by atoms with van der Waals surface area (Å²) >= 11 is 5.97. The number of pyridine rings is 1. The van der Waals surface area contributed by atoms with Crippen LogP contribution in [-0.2, 0) is 4.79 Å². The summed E-state index contributed by atoms with van der Waals surface area (Å²) in [6.07, 6.45) is 1.81. The molecule has 8 heteroatoms. The maximum Gasteiger partial charge on any atom is 0.221 e. The number of carbonyl (C=O) groups excluding carboxylic acids is 1. The molecule has 206 valence electrons. The fraction of sp³-hybridized carbons (Fsp3) is 0.182. The first-order valence-electron chi connectivity index (χ1n) is 13.5. The van der Waals surface area contributed by atoms with Gasteiger partial charge in [0.25, 0.3) is 0 Å². The second-order valence-electron chi connectivity index (χ2n) is 10.2. The standard InChI is InChI=1S/C33H31N5O2S/c1-20-18-26(21(2)37(20)29-14-9-11-23-10-5-6-12-25(23)29)32-31(27-13-7-8-17-34-27)36-33(41)38(32)24-15-16-30(40-4)28(19-24)35-22(3)39/h5-19,31-32H,1-4H3,(H,35,39)(H,36,41)/t31-,32-/m1/s1. The van der Waals surface area contributed by atoms with Crippen LogP contribution in [0, 0.1) is 13.8 Å².